The molecule has 0 bridgehead atoms. The normalized spacial score (nSPS) is 25.8. The lowest BCUT2D eigenvalue weighted by molar-refractivity contribution is 0.624. The van der Waals surface area contributed by atoms with Gasteiger partial charge < -0.3 is 10.6 Å². The van der Waals surface area contributed by atoms with Crippen LogP contribution < -0.4 is 10.6 Å². The highest BCUT2D eigenvalue weighted by molar-refractivity contribution is 5.52. The molecule has 2 rings (SSSR count). The van der Waals surface area contributed by atoms with Crippen molar-refractivity contribution in [2.24, 2.45) is 18.7 Å². The number of anilines is 1. The molecule has 4 heteroatoms. The number of aryl methyl sites for hydroxylation is 2. The van der Waals surface area contributed by atoms with Crippen molar-refractivity contribution in [3.63, 3.8) is 0 Å². The molecule has 102 valence electrons. The molecule has 18 heavy (non-hydrogen) atoms. The zero-order valence-electron chi connectivity index (χ0n) is 12.3. The van der Waals surface area contributed by atoms with Gasteiger partial charge in [-0.25, -0.2) is 0 Å². The van der Waals surface area contributed by atoms with Crippen molar-refractivity contribution in [1.29, 1.82) is 0 Å². The summed E-state index contributed by atoms with van der Waals surface area (Å²) in [6.07, 6.45) is 2.18. The van der Waals surface area contributed by atoms with Crippen LogP contribution in [-0.4, -0.2) is 28.4 Å². The van der Waals surface area contributed by atoms with Gasteiger partial charge in [-0.1, -0.05) is 6.92 Å². The number of aromatic nitrogens is 2. The highest BCUT2D eigenvalue weighted by atomic mass is 15.4. The predicted octanol–water partition coefficient (Wildman–Crippen LogP) is 1.85. The van der Waals surface area contributed by atoms with E-state index in [1.54, 1.807) is 0 Å². The fourth-order valence-corrected chi connectivity index (χ4v) is 3.21. The van der Waals surface area contributed by atoms with Crippen molar-refractivity contribution >= 4 is 5.82 Å². The molecule has 3 atom stereocenters. The maximum Gasteiger partial charge on any atom is 0.130 e. The van der Waals surface area contributed by atoms with Crippen LogP contribution in [0.25, 0.3) is 0 Å². The van der Waals surface area contributed by atoms with Crippen LogP contribution in [0.1, 0.15) is 38.4 Å². The second kappa shape index (κ2) is 4.92. The van der Waals surface area contributed by atoms with Crippen LogP contribution in [0.15, 0.2) is 0 Å². The SMILES string of the molecule is Cc1nn(C)c(N2CC(C)CC2C)c1CC(C)N. The van der Waals surface area contributed by atoms with Crippen LogP contribution in [0.2, 0.25) is 0 Å². The summed E-state index contributed by atoms with van der Waals surface area (Å²) in [5.41, 5.74) is 8.43. The van der Waals surface area contributed by atoms with E-state index in [2.05, 4.69) is 37.7 Å². The maximum absolute atomic E-state index is 5.98. The third-order valence-electron chi connectivity index (χ3n) is 3.90. The smallest absolute Gasteiger partial charge is 0.130 e. The number of nitrogens with two attached hydrogens (primary N) is 1. The molecule has 1 aliphatic heterocycles. The first-order chi connectivity index (χ1) is 8.40. The fraction of sp³-hybridized carbons (Fsp3) is 0.786. The second-order valence-corrected chi connectivity index (χ2v) is 6.03. The van der Waals surface area contributed by atoms with Gasteiger partial charge in [0, 0.05) is 31.2 Å². The molecule has 0 saturated carbocycles. The topological polar surface area (TPSA) is 47.1 Å². The van der Waals surface area contributed by atoms with Gasteiger partial charge in [-0.15, -0.1) is 0 Å². The third kappa shape index (κ3) is 2.39. The van der Waals surface area contributed by atoms with Gasteiger partial charge in [0.1, 0.15) is 5.82 Å². The van der Waals surface area contributed by atoms with Gasteiger partial charge in [0.05, 0.1) is 5.69 Å². The molecule has 0 aromatic carbocycles. The Morgan fingerprint density at radius 1 is 1.44 bits per heavy atom. The minimum atomic E-state index is 0.182. The standard InChI is InChI=1S/C14H26N4/c1-9-6-11(3)18(8-9)14-13(7-10(2)15)12(4)16-17(14)5/h9-11H,6-8,15H2,1-5H3. The Balaban J connectivity index is 2.37. The van der Waals surface area contributed by atoms with Gasteiger partial charge >= 0.3 is 0 Å². The van der Waals surface area contributed by atoms with E-state index in [1.807, 2.05) is 11.7 Å². The largest absolute Gasteiger partial charge is 0.354 e. The van der Waals surface area contributed by atoms with Crippen molar-refractivity contribution in [1.82, 2.24) is 9.78 Å². The molecule has 1 aromatic heterocycles. The first-order valence-corrected chi connectivity index (χ1v) is 6.94. The van der Waals surface area contributed by atoms with E-state index in [0.29, 0.717) is 6.04 Å². The van der Waals surface area contributed by atoms with Gasteiger partial charge in [-0.3, -0.25) is 4.68 Å². The van der Waals surface area contributed by atoms with Gasteiger partial charge in [0.25, 0.3) is 0 Å². The van der Waals surface area contributed by atoms with Crippen LogP contribution in [0.4, 0.5) is 5.82 Å². The molecule has 3 unspecified atom stereocenters. The van der Waals surface area contributed by atoms with Gasteiger partial charge in [0.2, 0.25) is 0 Å². The van der Waals surface area contributed by atoms with Crippen LogP contribution in [0.5, 0.6) is 0 Å². The molecule has 1 fully saturated rings. The van der Waals surface area contributed by atoms with Gasteiger partial charge in [0.15, 0.2) is 0 Å². The van der Waals surface area contributed by atoms with Gasteiger partial charge in [-0.2, -0.15) is 5.10 Å². The lowest BCUT2D eigenvalue weighted by Crippen LogP contribution is -2.30. The summed E-state index contributed by atoms with van der Waals surface area (Å²) in [6, 6.07) is 0.781. The highest BCUT2D eigenvalue weighted by Crippen LogP contribution is 2.32. The average molecular weight is 250 g/mol. The predicted molar refractivity (Wildman–Crippen MR) is 75.9 cm³/mol. The molecular weight excluding hydrogens is 224 g/mol. The molecule has 0 amide bonds. The molecular formula is C14H26N4. The summed E-state index contributed by atoms with van der Waals surface area (Å²) in [5, 5.41) is 4.59. The lowest BCUT2D eigenvalue weighted by Gasteiger charge is -2.25. The number of rotatable bonds is 3. The Morgan fingerprint density at radius 3 is 2.61 bits per heavy atom. The Hall–Kier alpha value is -1.03. The molecule has 1 saturated heterocycles. The summed E-state index contributed by atoms with van der Waals surface area (Å²) in [6.45, 7) is 9.91. The second-order valence-electron chi connectivity index (χ2n) is 6.03. The molecule has 2 heterocycles. The van der Waals surface area contributed by atoms with Crippen molar-refractivity contribution in [2.45, 2.75) is 52.6 Å². The van der Waals surface area contributed by atoms with E-state index in [4.69, 9.17) is 5.73 Å². The van der Waals surface area contributed by atoms with E-state index in [9.17, 15) is 0 Å². The maximum atomic E-state index is 5.98. The van der Waals surface area contributed by atoms with Crippen LogP contribution >= 0.6 is 0 Å². The zero-order valence-corrected chi connectivity index (χ0v) is 12.3. The minimum absolute atomic E-state index is 0.182. The van der Waals surface area contributed by atoms with Crippen molar-refractivity contribution < 1.29 is 0 Å². The van der Waals surface area contributed by atoms with Crippen LogP contribution in [0.3, 0.4) is 0 Å². The monoisotopic (exact) mass is 250 g/mol. The molecule has 1 aliphatic rings. The van der Waals surface area contributed by atoms with Crippen LogP contribution in [-0.2, 0) is 13.5 Å². The average Bonchev–Trinajstić information content (AvgIpc) is 2.68. The minimum Gasteiger partial charge on any atom is -0.354 e. The van der Waals surface area contributed by atoms with Crippen molar-refractivity contribution in [2.75, 3.05) is 11.4 Å². The Morgan fingerprint density at radius 2 is 2.11 bits per heavy atom. The summed E-state index contributed by atoms with van der Waals surface area (Å²) < 4.78 is 2.03. The fourth-order valence-electron chi connectivity index (χ4n) is 3.21. The Labute approximate surface area is 110 Å². The third-order valence-corrected chi connectivity index (χ3v) is 3.90. The molecule has 2 N–H and O–H groups in total. The number of nitrogens with zero attached hydrogens (tertiary/aromatic N) is 3. The first kappa shape index (κ1) is 13.4. The van der Waals surface area contributed by atoms with E-state index >= 15 is 0 Å². The molecule has 0 aliphatic carbocycles. The molecule has 1 aromatic rings. The number of hydrogen-bond donors (Lipinski definition) is 1. The summed E-state index contributed by atoms with van der Waals surface area (Å²) in [4.78, 5) is 2.50. The van der Waals surface area contributed by atoms with Crippen molar-refractivity contribution in [3.8, 4) is 0 Å². The highest BCUT2D eigenvalue weighted by Gasteiger charge is 2.30. The van der Waals surface area contributed by atoms with Crippen molar-refractivity contribution in [3.05, 3.63) is 11.3 Å². The summed E-state index contributed by atoms with van der Waals surface area (Å²) in [5.74, 6) is 2.04. The lowest BCUT2D eigenvalue weighted by atomic mass is 10.1. The van der Waals surface area contributed by atoms with E-state index in [-0.39, 0.29) is 6.04 Å². The first-order valence-electron chi connectivity index (χ1n) is 6.94. The Bertz CT molecular complexity index is 422. The van der Waals surface area contributed by atoms with Crippen LogP contribution in [0, 0.1) is 12.8 Å². The molecule has 0 radical (unpaired) electrons. The zero-order chi connectivity index (χ0) is 13.4. The van der Waals surface area contributed by atoms with Gasteiger partial charge in [-0.05, 0) is 39.5 Å². The Kier molecular flexibility index (Phi) is 3.66. The quantitative estimate of drug-likeness (QED) is 0.890. The summed E-state index contributed by atoms with van der Waals surface area (Å²) >= 11 is 0. The number of hydrogen-bond acceptors (Lipinski definition) is 3. The molecule has 0 spiro atoms. The van der Waals surface area contributed by atoms with E-state index in [0.717, 1.165) is 24.6 Å². The molecule has 4 nitrogen and oxygen atoms in total. The van der Waals surface area contributed by atoms with E-state index < -0.39 is 0 Å². The summed E-state index contributed by atoms with van der Waals surface area (Å²) in [7, 11) is 2.04. The van der Waals surface area contributed by atoms with E-state index in [1.165, 1.54) is 17.8 Å².